The number of para-hydroxylation sites is 9. The molecule has 0 saturated heterocycles. The van der Waals surface area contributed by atoms with Gasteiger partial charge in [-0.2, -0.15) is 0 Å². The van der Waals surface area contributed by atoms with Crippen LogP contribution in [-0.4, -0.2) is 13.4 Å². The minimum absolute atomic E-state index is 0.224. The molecule has 0 radical (unpaired) electrons. The third kappa shape index (κ3) is 11.0. The molecule has 0 spiro atoms. The van der Waals surface area contributed by atoms with Crippen LogP contribution in [0, 0.1) is 5.82 Å². The van der Waals surface area contributed by atoms with E-state index in [-0.39, 0.29) is 12.5 Å². The van der Waals surface area contributed by atoms with E-state index in [4.69, 9.17) is 0 Å². The van der Waals surface area contributed by atoms with Crippen molar-refractivity contribution in [3.8, 4) is 55.6 Å². The molecule has 0 fully saturated rings. The Morgan fingerprint density at radius 3 is 1.08 bits per heavy atom. The van der Waals surface area contributed by atoms with Crippen LogP contribution in [-0.2, 0) is 0 Å². The van der Waals surface area contributed by atoms with Crippen molar-refractivity contribution >= 4 is 143 Å². The van der Waals surface area contributed by atoms with E-state index in [0.717, 1.165) is 161 Å². The summed E-state index contributed by atoms with van der Waals surface area (Å²) in [6, 6.07) is 149. The highest BCUT2D eigenvalue weighted by Crippen LogP contribution is 2.56. The molecular formula is C102H68B2FN5S. The summed E-state index contributed by atoms with van der Waals surface area (Å²) in [6.07, 6.45) is 0. The van der Waals surface area contributed by atoms with Crippen molar-refractivity contribution < 1.29 is 4.39 Å². The van der Waals surface area contributed by atoms with Gasteiger partial charge in [0.2, 0.25) is 6.71 Å². The van der Waals surface area contributed by atoms with E-state index in [1.54, 1.807) is 6.07 Å². The molecule has 0 N–H and O–H groups in total. The first-order chi connectivity index (χ1) is 55.1. The Labute approximate surface area is 651 Å². The lowest BCUT2D eigenvalue weighted by molar-refractivity contribution is 0.629. The second-order valence-corrected chi connectivity index (χ2v) is 29.8. The number of fused-ring (bicyclic) bond motifs is 8. The third-order valence-electron chi connectivity index (χ3n) is 22.5. The number of anilines is 15. The molecule has 0 aliphatic carbocycles. The van der Waals surface area contributed by atoms with Gasteiger partial charge in [-0.05, 0) is 152 Å². The maximum absolute atomic E-state index is 19.3. The van der Waals surface area contributed by atoms with Crippen LogP contribution in [0.15, 0.2) is 422 Å². The number of benzene rings is 17. The number of hydrogen-bond donors (Lipinski definition) is 0. The van der Waals surface area contributed by atoms with Gasteiger partial charge >= 0.3 is 0 Å². The first-order valence-electron chi connectivity index (χ1n) is 38.0. The van der Waals surface area contributed by atoms with Crippen molar-refractivity contribution in [3.63, 3.8) is 0 Å². The van der Waals surface area contributed by atoms with Gasteiger partial charge in [0.15, 0.2) is 0 Å². The van der Waals surface area contributed by atoms with E-state index in [1.807, 2.05) is 23.9 Å². The molecule has 0 atom stereocenters. The van der Waals surface area contributed by atoms with Crippen molar-refractivity contribution in [2.45, 2.75) is 9.79 Å². The van der Waals surface area contributed by atoms with Gasteiger partial charge in [-0.3, -0.25) is 0 Å². The summed E-state index contributed by atoms with van der Waals surface area (Å²) in [6.45, 7) is -0.623. The molecule has 9 heteroatoms. The van der Waals surface area contributed by atoms with Crippen LogP contribution in [0.4, 0.5) is 89.7 Å². The summed E-state index contributed by atoms with van der Waals surface area (Å²) < 4.78 is 19.3. The van der Waals surface area contributed by atoms with Crippen LogP contribution in [0.3, 0.4) is 0 Å². The van der Waals surface area contributed by atoms with Gasteiger partial charge in [-0.1, -0.05) is 333 Å². The third-order valence-corrected chi connectivity index (χ3v) is 23.6. The van der Waals surface area contributed by atoms with Crippen molar-refractivity contribution in [2.24, 2.45) is 0 Å². The highest BCUT2D eigenvalue weighted by molar-refractivity contribution is 8.00. The summed E-state index contributed by atoms with van der Waals surface area (Å²) in [5.74, 6) is -0.344. The highest BCUT2D eigenvalue weighted by Gasteiger charge is 2.49. The first kappa shape index (κ1) is 65.4. The molecule has 0 bridgehead atoms. The van der Waals surface area contributed by atoms with E-state index >= 15 is 4.39 Å². The number of nitrogens with zero attached hydrogens (tertiary/aromatic N) is 5. The highest BCUT2D eigenvalue weighted by atomic mass is 32.2. The van der Waals surface area contributed by atoms with E-state index in [2.05, 4.69) is 419 Å². The lowest BCUT2D eigenvalue weighted by atomic mass is 9.31. The van der Waals surface area contributed by atoms with Gasteiger partial charge in [-0.15, -0.1) is 0 Å². The summed E-state index contributed by atoms with van der Waals surface area (Å²) in [4.78, 5) is 14.5. The fourth-order valence-electron chi connectivity index (χ4n) is 17.9. The van der Waals surface area contributed by atoms with E-state index < -0.39 is 6.71 Å². The Hall–Kier alpha value is -13.9. The zero-order valence-electron chi connectivity index (χ0n) is 60.4. The predicted molar refractivity (Wildman–Crippen MR) is 467 cm³/mol. The van der Waals surface area contributed by atoms with Gasteiger partial charge in [0.1, 0.15) is 5.82 Å². The molecule has 17 aromatic rings. The van der Waals surface area contributed by atoms with Crippen LogP contribution in [0.25, 0.3) is 55.6 Å². The number of rotatable bonds is 14. The topological polar surface area (TPSA) is 16.2 Å². The Balaban J connectivity index is 0.908. The monoisotopic (exact) mass is 1440 g/mol. The van der Waals surface area contributed by atoms with Gasteiger partial charge in [0, 0.05) is 100 Å². The van der Waals surface area contributed by atoms with Crippen LogP contribution >= 0.6 is 11.8 Å². The summed E-state index contributed by atoms with van der Waals surface area (Å²) in [7, 11) is 0. The lowest BCUT2D eigenvalue weighted by Gasteiger charge is -2.47. The fraction of sp³-hybridized carbons (Fsp3) is 0. The van der Waals surface area contributed by atoms with E-state index in [0.29, 0.717) is 5.69 Å². The summed E-state index contributed by atoms with van der Waals surface area (Å²) in [5, 5.41) is 0. The van der Waals surface area contributed by atoms with Crippen molar-refractivity contribution in [3.05, 3.63) is 418 Å². The molecule has 0 aromatic heterocycles. The molecule has 520 valence electrons. The summed E-state index contributed by atoms with van der Waals surface area (Å²) in [5.41, 5.74) is 31.7. The molecule has 0 saturated carbocycles. The molecule has 17 aromatic carbocycles. The smallest absolute Gasteiger partial charge is 0.252 e. The van der Waals surface area contributed by atoms with Crippen molar-refractivity contribution in [1.82, 2.24) is 0 Å². The Bertz CT molecular complexity index is 6250. The van der Waals surface area contributed by atoms with Gasteiger partial charge in [0.05, 0.1) is 22.7 Å². The van der Waals surface area contributed by atoms with Crippen LogP contribution in [0.1, 0.15) is 0 Å². The minimum atomic E-state index is -0.399. The molecule has 4 aliphatic rings. The first-order valence-corrected chi connectivity index (χ1v) is 38.8. The Kier molecular flexibility index (Phi) is 16.2. The average molecular weight is 1440 g/mol. The fourth-order valence-corrected chi connectivity index (χ4v) is 19.1. The normalized spacial score (nSPS) is 12.6. The zero-order valence-corrected chi connectivity index (χ0v) is 61.3. The van der Waals surface area contributed by atoms with E-state index in [1.165, 1.54) is 16.4 Å². The maximum atomic E-state index is 19.3. The minimum Gasteiger partial charge on any atom is -0.311 e. The largest absolute Gasteiger partial charge is 0.311 e. The number of halogens is 1. The molecule has 4 heterocycles. The molecule has 0 amide bonds. The van der Waals surface area contributed by atoms with Crippen molar-refractivity contribution in [2.75, 3.05) is 24.5 Å². The van der Waals surface area contributed by atoms with Gasteiger partial charge in [-0.25, -0.2) is 4.39 Å². The second-order valence-electron chi connectivity index (χ2n) is 28.7. The lowest BCUT2D eigenvalue weighted by Crippen LogP contribution is -2.64. The quantitative estimate of drug-likeness (QED) is 0.100. The SMILES string of the molecule is Fc1cccc(-c2ccccc2)c1N1c2cc3c(cc2B2c4ccccc4N(c4c(-c5ccccc5)cccc4-c4ccccc4)c4cc(N(c5ccccc5)c5c(-c6ccccc6)cccc5-c5ccccc5)cc1c42)B1c2ccccc2N(c2ccccc2)c2cc(N(c4ccccc4)c4ccccc4)cc(c21)S3. The molecule has 0 unspecified atom stereocenters. The maximum Gasteiger partial charge on any atom is 0.252 e. The van der Waals surface area contributed by atoms with Gasteiger partial charge in [0.25, 0.3) is 6.71 Å². The summed E-state index contributed by atoms with van der Waals surface area (Å²) >= 11 is 1.82. The molecule has 4 aliphatic heterocycles. The Morgan fingerprint density at radius 1 is 0.234 bits per heavy atom. The predicted octanol–water partition coefficient (Wildman–Crippen LogP) is 23.9. The van der Waals surface area contributed by atoms with Crippen LogP contribution in [0.2, 0.25) is 0 Å². The van der Waals surface area contributed by atoms with Crippen LogP contribution < -0.4 is 57.3 Å². The zero-order chi connectivity index (χ0) is 73.5. The van der Waals surface area contributed by atoms with Crippen LogP contribution in [0.5, 0.6) is 0 Å². The molecule has 5 nitrogen and oxygen atoms in total. The van der Waals surface area contributed by atoms with Gasteiger partial charge < -0.3 is 24.5 Å². The van der Waals surface area contributed by atoms with Crippen molar-refractivity contribution in [1.29, 1.82) is 0 Å². The Morgan fingerprint density at radius 2 is 0.595 bits per heavy atom. The standard InChI is InChI=1S/C102H68B2FN5S/c105-89-60-34-57-84(73-43-18-5-19-44-73)102(89)110-92-68-96-88(104-85-58-28-30-61-90(85)108(77-51-26-9-27-52-77)95-65-79(66-97(111-96)99(95)104)106(74-45-20-6-21-46-74)75-47-22-7-23-48-75)67-87(92)103-86-59-29-31-62-91(86)109(101-82(71-39-14-3-15-40-71)55-33-56-83(101)72-41-16-4-17-42-72)93-63-78(64-94(110)98(93)103)107(76-49-24-8-25-50-76)100-80(69-35-10-1-11-36-69)53-32-54-81(100)70-37-12-2-13-38-70/h1-68H. The number of hydrogen-bond acceptors (Lipinski definition) is 6. The molecule has 111 heavy (non-hydrogen) atoms. The molecular weight excluding hydrogens is 1370 g/mol. The van der Waals surface area contributed by atoms with E-state index in [9.17, 15) is 0 Å². The second kappa shape index (κ2) is 27.4. The molecule has 21 rings (SSSR count). The average Bonchev–Trinajstić information content (AvgIpc) is 0.683.